The number of nitrogens with zero attached hydrogens (tertiary/aromatic N) is 3. The van der Waals surface area contributed by atoms with Gasteiger partial charge in [-0.25, -0.2) is 0 Å². The number of likely N-dealkylation sites (tertiary alicyclic amines) is 1. The Labute approximate surface area is 173 Å². The maximum atomic E-state index is 11.7. The summed E-state index contributed by atoms with van der Waals surface area (Å²) in [7, 11) is 0. The van der Waals surface area contributed by atoms with Crippen molar-refractivity contribution in [3.05, 3.63) is 0 Å². The highest BCUT2D eigenvalue weighted by atomic mass is 127. The predicted molar refractivity (Wildman–Crippen MR) is 112 cm³/mol. The van der Waals surface area contributed by atoms with Gasteiger partial charge in [-0.15, -0.1) is 24.0 Å². The molecule has 7 nitrogen and oxygen atoms in total. The van der Waals surface area contributed by atoms with E-state index in [0.29, 0.717) is 12.3 Å². The molecular formula is C18H33IN4O3. The Balaban J connectivity index is 0.00000243. The number of carbonyl (C=O) groups excluding carboxylic acids is 1. The minimum absolute atomic E-state index is 0. The summed E-state index contributed by atoms with van der Waals surface area (Å²) in [6.07, 6.45) is 5.23. The SMILES string of the molecule is CCNC(=NCCCN1CCCC1=O)N1CCOC(C2CCCO2)C1.I. The van der Waals surface area contributed by atoms with E-state index in [1.807, 2.05) is 4.90 Å². The number of hydrogen-bond acceptors (Lipinski definition) is 4. The molecule has 0 spiro atoms. The molecule has 2 atom stereocenters. The highest BCUT2D eigenvalue weighted by Crippen LogP contribution is 2.21. The molecule has 0 aromatic rings. The van der Waals surface area contributed by atoms with Crippen LogP contribution in [0.2, 0.25) is 0 Å². The minimum Gasteiger partial charge on any atom is -0.375 e. The highest BCUT2D eigenvalue weighted by Gasteiger charge is 2.32. The summed E-state index contributed by atoms with van der Waals surface area (Å²) in [6, 6.07) is 0. The Morgan fingerprint density at radius 1 is 1.23 bits per heavy atom. The molecule has 0 aliphatic carbocycles. The second-order valence-electron chi connectivity index (χ2n) is 6.98. The molecule has 0 saturated carbocycles. The number of amides is 1. The summed E-state index contributed by atoms with van der Waals surface area (Å²) < 4.78 is 11.7. The maximum Gasteiger partial charge on any atom is 0.222 e. The molecule has 3 aliphatic rings. The van der Waals surface area contributed by atoms with Crippen LogP contribution in [0, 0.1) is 0 Å². The Morgan fingerprint density at radius 3 is 2.77 bits per heavy atom. The number of guanidine groups is 1. The third kappa shape index (κ3) is 5.95. The molecule has 1 amide bonds. The zero-order chi connectivity index (χ0) is 17.5. The molecule has 3 rings (SSSR count). The molecule has 1 N–H and O–H groups in total. The lowest BCUT2D eigenvalue weighted by atomic mass is 10.1. The van der Waals surface area contributed by atoms with Gasteiger partial charge in [-0.2, -0.15) is 0 Å². The quantitative estimate of drug-likeness (QED) is 0.270. The fourth-order valence-electron chi connectivity index (χ4n) is 3.80. The molecular weight excluding hydrogens is 447 g/mol. The van der Waals surface area contributed by atoms with E-state index >= 15 is 0 Å². The second-order valence-corrected chi connectivity index (χ2v) is 6.98. The molecule has 0 aromatic carbocycles. The van der Waals surface area contributed by atoms with Crippen molar-refractivity contribution in [1.82, 2.24) is 15.1 Å². The number of morpholine rings is 1. The lowest BCUT2D eigenvalue weighted by Crippen LogP contribution is -2.53. The molecule has 2 unspecified atom stereocenters. The van der Waals surface area contributed by atoms with Crippen LogP contribution in [-0.2, 0) is 14.3 Å². The second kappa shape index (κ2) is 11.3. The molecule has 0 aromatic heterocycles. The third-order valence-electron chi connectivity index (χ3n) is 5.13. The van der Waals surface area contributed by atoms with Gasteiger partial charge in [-0.05, 0) is 32.6 Å². The van der Waals surface area contributed by atoms with Crippen molar-refractivity contribution < 1.29 is 14.3 Å². The minimum atomic E-state index is 0. The van der Waals surface area contributed by atoms with Gasteiger partial charge in [-0.3, -0.25) is 9.79 Å². The molecule has 26 heavy (non-hydrogen) atoms. The van der Waals surface area contributed by atoms with Crippen molar-refractivity contribution >= 4 is 35.8 Å². The van der Waals surface area contributed by atoms with Gasteiger partial charge < -0.3 is 24.6 Å². The molecule has 0 radical (unpaired) electrons. The topological polar surface area (TPSA) is 66.4 Å². The average Bonchev–Trinajstić information content (AvgIpc) is 3.30. The van der Waals surface area contributed by atoms with Crippen LogP contribution in [0.5, 0.6) is 0 Å². The van der Waals surface area contributed by atoms with Gasteiger partial charge in [0.25, 0.3) is 0 Å². The first-order valence-electron chi connectivity index (χ1n) is 9.82. The Hall–Kier alpha value is -0.610. The summed E-state index contributed by atoms with van der Waals surface area (Å²) in [5.41, 5.74) is 0. The van der Waals surface area contributed by atoms with Crippen LogP contribution in [0.3, 0.4) is 0 Å². The van der Waals surface area contributed by atoms with Crippen molar-refractivity contribution in [2.24, 2.45) is 4.99 Å². The largest absolute Gasteiger partial charge is 0.375 e. The smallest absolute Gasteiger partial charge is 0.222 e. The van der Waals surface area contributed by atoms with Crippen LogP contribution in [0.25, 0.3) is 0 Å². The number of halogens is 1. The number of ether oxygens (including phenoxy) is 2. The van der Waals surface area contributed by atoms with Crippen LogP contribution in [0.15, 0.2) is 4.99 Å². The Morgan fingerprint density at radius 2 is 2.08 bits per heavy atom. The summed E-state index contributed by atoms with van der Waals surface area (Å²) in [4.78, 5) is 20.7. The standard InChI is InChI=1S/C18H32N4O3.HI/c1-2-19-18(20-8-5-10-21-9-3-7-17(21)23)22-11-13-25-16(14-22)15-6-4-12-24-15;/h15-16H,2-14H2,1H3,(H,19,20);1H. The van der Waals surface area contributed by atoms with Gasteiger partial charge in [0.1, 0.15) is 6.10 Å². The van der Waals surface area contributed by atoms with Crippen LogP contribution in [0.1, 0.15) is 39.0 Å². The number of carbonyl (C=O) groups is 1. The Kier molecular flexibility index (Phi) is 9.41. The molecule has 3 aliphatic heterocycles. The zero-order valence-electron chi connectivity index (χ0n) is 15.8. The van der Waals surface area contributed by atoms with Gasteiger partial charge in [-0.1, -0.05) is 0 Å². The van der Waals surface area contributed by atoms with Gasteiger partial charge in [0, 0.05) is 52.3 Å². The third-order valence-corrected chi connectivity index (χ3v) is 5.13. The number of nitrogens with one attached hydrogen (secondary N) is 1. The van der Waals surface area contributed by atoms with Crippen LogP contribution < -0.4 is 5.32 Å². The summed E-state index contributed by atoms with van der Waals surface area (Å²) in [6.45, 7) is 8.69. The van der Waals surface area contributed by atoms with Crippen molar-refractivity contribution in [2.45, 2.75) is 51.2 Å². The predicted octanol–water partition coefficient (Wildman–Crippen LogP) is 1.46. The van der Waals surface area contributed by atoms with E-state index in [0.717, 1.165) is 84.1 Å². The van der Waals surface area contributed by atoms with E-state index in [9.17, 15) is 4.79 Å². The molecule has 3 fully saturated rings. The molecule has 3 saturated heterocycles. The van der Waals surface area contributed by atoms with Crippen LogP contribution in [-0.4, -0.2) is 86.4 Å². The Bertz CT molecular complexity index is 471. The van der Waals surface area contributed by atoms with Gasteiger partial charge in [0.15, 0.2) is 5.96 Å². The average molecular weight is 480 g/mol. The number of aliphatic imine (C=N–C) groups is 1. The fourth-order valence-corrected chi connectivity index (χ4v) is 3.80. The van der Waals surface area contributed by atoms with Crippen molar-refractivity contribution in [2.75, 3.05) is 52.5 Å². The molecule has 8 heteroatoms. The van der Waals surface area contributed by atoms with Crippen molar-refractivity contribution in [3.63, 3.8) is 0 Å². The lowest BCUT2D eigenvalue weighted by molar-refractivity contribution is -0.127. The molecule has 150 valence electrons. The summed E-state index contributed by atoms with van der Waals surface area (Å²) in [5, 5.41) is 3.40. The first-order chi connectivity index (χ1) is 12.3. The molecule has 3 heterocycles. The lowest BCUT2D eigenvalue weighted by Gasteiger charge is -2.37. The van der Waals surface area contributed by atoms with Crippen LogP contribution >= 0.6 is 24.0 Å². The normalized spacial score (nSPS) is 27.0. The van der Waals surface area contributed by atoms with Crippen molar-refractivity contribution in [1.29, 1.82) is 0 Å². The number of hydrogen-bond donors (Lipinski definition) is 1. The highest BCUT2D eigenvalue weighted by molar-refractivity contribution is 14.0. The van der Waals surface area contributed by atoms with Crippen LogP contribution in [0.4, 0.5) is 0 Å². The van der Waals surface area contributed by atoms with E-state index in [1.165, 1.54) is 0 Å². The monoisotopic (exact) mass is 480 g/mol. The first kappa shape index (κ1) is 21.7. The zero-order valence-corrected chi connectivity index (χ0v) is 18.2. The summed E-state index contributed by atoms with van der Waals surface area (Å²) in [5.74, 6) is 1.25. The van der Waals surface area contributed by atoms with E-state index in [4.69, 9.17) is 14.5 Å². The summed E-state index contributed by atoms with van der Waals surface area (Å²) >= 11 is 0. The van der Waals surface area contributed by atoms with Gasteiger partial charge >= 0.3 is 0 Å². The van der Waals surface area contributed by atoms with E-state index < -0.39 is 0 Å². The van der Waals surface area contributed by atoms with E-state index in [1.54, 1.807) is 0 Å². The van der Waals surface area contributed by atoms with Gasteiger partial charge in [0.2, 0.25) is 5.91 Å². The van der Waals surface area contributed by atoms with Crippen molar-refractivity contribution in [3.8, 4) is 0 Å². The van der Waals surface area contributed by atoms with E-state index in [-0.39, 0.29) is 36.2 Å². The first-order valence-corrected chi connectivity index (χ1v) is 9.82. The van der Waals surface area contributed by atoms with E-state index in [2.05, 4.69) is 17.1 Å². The molecule has 0 bridgehead atoms. The maximum absolute atomic E-state index is 11.7. The fraction of sp³-hybridized carbons (Fsp3) is 0.889. The van der Waals surface area contributed by atoms with Gasteiger partial charge in [0.05, 0.1) is 12.7 Å². The number of rotatable bonds is 6.